The fourth-order valence-corrected chi connectivity index (χ4v) is 1.95. The normalized spacial score (nSPS) is 10.3. The third-order valence-corrected chi connectivity index (χ3v) is 3.03. The predicted molar refractivity (Wildman–Crippen MR) is 69.2 cm³/mol. The van der Waals surface area contributed by atoms with E-state index >= 15 is 0 Å². The minimum Gasteiger partial charge on any atom is -0.508 e. The van der Waals surface area contributed by atoms with E-state index in [-0.39, 0.29) is 0 Å². The monoisotopic (exact) mass is 230 g/mol. The van der Waals surface area contributed by atoms with Gasteiger partial charge in [0.15, 0.2) is 0 Å². The third-order valence-electron chi connectivity index (χ3n) is 2.59. The Balaban J connectivity index is 2.08. The maximum atomic E-state index is 9.40. The van der Waals surface area contributed by atoms with Crippen LogP contribution in [0.15, 0.2) is 53.4 Å². The van der Waals surface area contributed by atoms with Gasteiger partial charge >= 0.3 is 0 Å². The summed E-state index contributed by atoms with van der Waals surface area (Å²) in [6, 6.07) is 15.6. The lowest BCUT2D eigenvalue weighted by Gasteiger charge is -2.05. The lowest BCUT2D eigenvalue weighted by Crippen LogP contribution is -1.92. The van der Waals surface area contributed by atoms with Crippen molar-refractivity contribution in [2.75, 3.05) is 0 Å². The molecule has 82 valence electrons. The maximum Gasteiger partial charge on any atom is 0.115 e. The van der Waals surface area contributed by atoms with Crippen LogP contribution in [0.25, 0.3) is 0 Å². The van der Waals surface area contributed by atoms with E-state index in [1.807, 2.05) is 24.3 Å². The Morgan fingerprint density at radius 2 is 1.69 bits per heavy atom. The number of benzene rings is 2. The second-order valence-corrected chi connectivity index (χ2v) is 4.28. The summed E-state index contributed by atoms with van der Waals surface area (Å²) in [4.78, 5) is 0.939. The predicted octanol–water partition coefficient (Wildman–Crippen LogP) is 3.47. The van der Waals surface area contributed by atoms with Crippen LogP contribution in [0.1, 0.15) is 11.1 Å². The molecule has 0 fully saturated rings. The van der Waals surface area contributed by atoms with Gasteiger partial charge in [-0.25, -0.2) is 0 Å². The van der Waals surface area contributed by atoms with Crippen molar-refractivity contribution in [1.29, 1.82) is 0 Å². The Bertz CT molecular complexity index is 465. The average Bonchev–Trinajstić information content (AvgIpc) is 2.32. The van der Waals surface area contributed by atoms with Crippen LogP contribution in [0.3, 0.4) is 0 Å². The van der Waals surface area contributed by atoms with E-state index < -0.39 is 0 Å². The molecule has 0 radical (unpaired) electrons. The average molecular weight is 230 g/mol. The summed E-state index contributed by atoms with van der Waals surface area (Å²) in [6.45, 7) is 0. The van der Waals surface area contributed by atoms with Gasteiger partial charge in [-0.05, 0) is 42.2 Å². The van der Waals surface area contributed by atoms with Gasteiger partial charge in [0.1, 0.15) is 5.75 Å². The first-order valence-electron chi connectivity index (χ1n) is 5.30. The molecule has 0 saturated heterocycles. The maximum absolute atomic E-state index is 9.40. The van der Waals surface area contributed by atoms with Crippen LogP contribution in [0.5, 0.6) is 5.75 Å². The summed E-state index contributed by atoms with van der Waals surface area (Å²) in [5.74, 6) is 0.306. The van der Waals surface area contributed by atoms with Gasteiger partial charge in [-0.3, -0.25) is 0 Å². The quantitative estimate of drug-likeness (QED) is 0.774. The lowest BCUT2D eigenvalue weighted by atomic mass is 10.0. The van der Waals surface area contributed by atoms with E-state index in [4.69, 9.17) is 0 Å². The molecule has 0 aliphatic rings. The summed E-state index contributed by atoms with van der Waals surface area (Å²) < 4.78 is 0. The van der Waals surface area contributed by atoms with Crippen LogP contribution >= 0.6 is 12.6 Å². The largest absolute Gasteiger partial charge is 0.508 e. The number of aryl methyl sites for hydroxylation is 2. The zero-order valence-electron chi connectivity index (χ0n) is 8.93. The number of rotatable bonds is 3. The van der Waals surface area contributed by atoms with Crippen molar-refractivity contribution < 1.29 is 5.11 Å². The van der Waals surface area contributed by atoms with Crippen molar-refractivity contribution in [1.82, 2.24) is 0 Å². The van der Waals surface area contributed by atoms with E-state index in [2.05, 4.69) is 24.8 Å². The molecule has 1 nitrogen and oxygen atoms in total. The van der Waals surface area contributed by atoms with Crippen molar-refractivity contribution in [3.8, 4) is 5.75 Å². The summed E-state index contributed by atoms with van der Waals surface area (Å²) in [5, 5.41) is 9.40. The molecule has 0 amide bonds. The fourth-order valence-electron chi connectivity index (χ4n) is 1.70. The first-order valence-corrected chi connectivity index (χ1v) is 5.75. The molecule has 0 atom stereocenters. The second kappa shape index (κ2) is 5.08. The van der Waals surface area contributed by atoms with Gasteiger partial charge in [0.05, 0.1) is 0 Å². The fraction of sp³-hybridized carbons (Fsp3) is 0.143. The van der Waals surface area contributed by atoms with Crippen molar-refractivity contribution in [3.63, 3.8) is 0 Å². The number of hydrogen-bond donors (Lipinski definition) is 2. The summed E-state index contributed by atoms with van der Waals surface area (Å²) in [6.07, 6.45) is 1.87. The first kappa shape index (κ1) is 11.1. The van der Waals surface area contributed by atoms with E-state index in [1.54, 1.807) is 12.1 Å². The van der Waals surface area contributed by atoms with Gasteiger partial charge in [-0.1, -0.05) is 30.3 Å². The van der Waals surface area contributed by atoms with Crippen LogP contribution in [-0.4, -0.2) is 5.11 Å². The van der Waals surface area contributed by atoms with Crippen molar-refractivity contribution in [2.24, 2.45) is 0 Å². The number of phenols is 1. The summed E-state index contributed by atoms with van der Waals surface area (Å²) in [7, 11) is 0. The highest BCUT2D eigenvalue weighted by Gasteiger charge is 2.01. The summed E-state index contributed by atoms with van der Waals surface area (Å²) >= 11 is 4.38. The van der Waals surface area contributed by atoms with Gasteiger partial charge in [0, 0.05) is 4.90 Å². The Kier molecular flexibility index (Phi) is 3.52. The van der Waals surface area contributed by atoms with Crippen LogP contribution in [-0.2, 0) is 12.8 Å². The van der Waals surface area contributed by atoms with Crippen molar-refractivity contribution in [2.45, 2.75) is 17.7 Å². The Morgan fingerprint density at radius 3 is 2.44 bits per heavy atom. The summed E-state index contributed by atoms with van der Waals surface area (Å²) in [5.41, 5.74) is 2.39. The molecule has 0 heterocycles. The smallest absolute Gasteiger partial charge is 0.115 e. The van der Waals surface area contributed by atoms with Gasteiger partial charge in [-0.2, -0.15) is 0 Å². The van der Waals surface area contributed by atoms with Crippen molar-refractivity contribution in [3.05, 3.63) is 59.7 Å². The highest BCUT2D eigenvalue weighted by atomic mass is 32.1. The van der Waals surface area contributed by atoms with Gasteiger partial charge < -0.3 is 5.11 Å². The molecule has 0 aliphatic heterocycles. The number of hydrogen-bond acceptors (Lipinski definition) is 2. The molecular weight excluding hydrogens is 216 g/mol. The number of aromatic hydroxyl groups is 1. The first-order chi connectivity index (χ1) is 7.75. The highest BCUT2D eigenvalue weighted by molar-refractivity contribution is 7.80. The SMILES string of the molecule is Oc1ccc(S)c(CCc2ccccc2)c1. The third kappa shape index (κ3) is 2.80. The highest BCUT2D eigenvalue weighted by Crippen LogP contribution is 2.21. The zero-order valence-corrected chi connectivity index (χ0v) is 9.82. The Labute approximate surface area is 101 Å². The molecular formula is C14H14OS. The van der Waals surface area contributed by atoms with Crippen LogP contribution in [0.2, 0.25) is 0 Å². The van der Waals surface area contributed by atoms with Crippen molar-refractivity contribution >= 4 is 12.6 Å². The minimum absolute atomic E-state index is 0.306. The van der Waals surface area contributed by atoms with E-state index in [0.717, 1.165) is 23.3 Å². The van der Waals surface area contributed by atoms with Gasteiger partial charge in [0.25, 0.3) is 0 Å². The number of phenolic OH excluding ortho intramolecular Hbond substituents is 1. The molecule has 1 N–H and O–H groups in total. The molecule has 2 aromatic carbocycles. The van der Waals surface area contributed by atoms with Gasteiger partial charge in [-0.15, -0.1) is 12.6 Å². The van der Waals surface area contributed by atoms with E-state index in [9.17, 15) is 5.11 Å². The number of thiol groups is 1. The van der Waals surface area contributed by atoms with E-state index in [0.29, 0.717) is 5.75 Å². The van der Waals surface area contributed by atoms with Crippen LogP contribution in [0.4, 0.5) is 0 Å². The minimum atomic E-state index is 0.306. The molecule has 16 heavy (non-hydrogen) atoms. The standard InChI is InChI=1S/C14H14OS/c15-13-8-9-14(16)12(10-13)7-6-11-4-2-1-3-5-11/h1-5,8-10,15-16H,6-7H2. The molecule has 2 heteroatoms. The molecule has 0 aromatic heterocycles. The molecule has 2 aromatic rings. The molecule has 2 rings (SSSR count). The molecule has 0 unspecified atom stereocenters. The lowest BCUT2D eigenvalue weighted by molar-refractivity contribution is 0.474. The van der Waals surface area contributed by atoms with Crippen LogP contribution in [0, 0.1) is 0 Å². The van der Waals surface area contributed by atoms with Crippen LogP contribution < -0.4 is 0 Å². The molecule has 0 spiro atoms. The van der Waals surface area contributed by atoms with E-state index in [1.165, 1.54) is 5.56 Å². The Morgan fingerprint density at radius 1 is 0.938 bits per heavy atom. The second-order valence-electron chi connectivity index (χ2n) is 3.80. The Hall–Kier alpha value is -1.41. The molecule has 0 saturated carbocycles. The topological polar surface area (TPSA) is 20.2 Å². The molecule has 0 bridgehead atoms. The van der Waals surface area contributed by atoms with Gasteiger partial charge in [0.2, 0.25) is 0 Å². The molecule has 0 aliphatic carbocycles. The zero-order chi connectivity index (χ0) is 11.4.